The van der Waals surface area contributed by atoms with Gasteiger partial charge in [0.25, 0.3) is 0 Å². The minimum Gasteiger partial charge on any atom is -0.370 e. The summed E-state index contributed by atoms with van der Waals surface area (Å²) < 4.78 is 0. The zero-order chi connectivity index (χ0) is 12.7. The summed E-state index contributed by atoms with van der Waals surface area (Å²) in [5, 5.41) is 3.03. The van der Waals surface area contributed by atoms with E-state index in [0.717, 1.165) is 5.56 Å². The molecule has 0 radical (unpaired) electrons. The van der Waals surface area contributed by atoms with Crippen molar-refractivity contribution in [2.75, 3.05) is 0 Å². The normalized spacial score (nSPS) is 13.2. The van der Waals surface area contributed by atoms with Gasteiger partial charge in [0.1, 0.15) is 0 Å². The van der Waals surface area contributed by atoms with Gasteiger partial charge in [-0.2, -0.15) is 0 Å². The fraction of sp³-hybridized carbons (Fsp3) is 0.357. The molecule has 1 unspecified atom stereocenters. The molecule has 3 heteroatoms. The van der Waals surface area contributed by atoms with Crippen LogP contribution in [0.5, 0.6) is 0 Å². The highest BCUT2D eigenvalue weighted by molar-refractivity contribution is 5.78. The van der Waals surface area contributed by atoms with Crippen LogP contribution in [0.1, 0.15) is 19.4 Å². The van der Waals surface area contributed by atoms with Gasteiger partial charge in [-0.3, -0.25) is 0 Å². The molecule has 90 valence electrons. The molecular weight excluding hydrogens is 210 g/mol. The quantitative estimate of drug-likeness (QED) is 0.469. The van der Waals surface area contributed by atoms with Crippen LogP contribution >= 0.6 is 0 Å². The van der Waals surface area contributed by atoms with Crippen LogP contribution in [0.15, 0.2) is 35.3 Å². The van der Waals surface area contributed by atoms with E-state index in [2.05, 4.69) is 16.2 Å². The third-order valence-electron chi connectivity index (χ3n) is 2.42. The first-order valence-corrected chi connectivity index (χ1v) is 5.70. The molecule has 3 nitrogen and oxygen atoms in total. The maximum atomic E-state index is 5.78. The molecule has 0 amide bonds. The molecule has 1 atom stereocenters. The second-order valence-electron chi connectivity index (χ2n) is 4.22. The first-order chi connectivity index (χ1) is 8.13. The Morgan fingerprint density at radius 2 is 2.06 bits per heavy atom. The fourth-order valence-electron chi connectivity index (χ4n) is 1.37. The van der Waals surface area contributed by atoms with Gasteiger partial charge in [-0.05, 0) is 11.5 Å². The van der Waals surface area contributed by atoms with E-state index < -0.39 is 0 Å². The summed E-state index contributed by atoms with van der Waals surface area (Å²) in [4.78, 5) is 4.25. The summed E-state index contributed by atoms with van der Waals surface area (Å²) in [6.45, 7) is 4.65. The van der Waals surface area contributed by atoms with Crippen molar-refractivity contribution in [1.29, 1.82) is 0 Å². The first-order valence-electron chi connectivity index (χ1n) is 5.70. The summed E-state index contributed by atoms with van der Waals surface area (Å²) in [6.07, 6.45) is 5.41. The number of hydrogen-bond acceptors (Lipinski definition) is 1. The summed E-state index contributed by atoms with van der Waals surface area (Å²) in [7, 11) is 0. The largest absolute Gasteiger partial charge is 0.370 e. The van der Waals surface area contributed by atoms with E-state index in [1.165, 1.54) is 0 Å². The minimum absolute atomic E-state index is 0.0745. The first kappa shape index (κ1) is 13.1. The average Bonchev–Trinajstić information content (AvgIpc) is 2.34. The molecule has 3 N–H and O–H groups in total. The molecular formula is C14H19N3. The van der Waals surface area contributed by atoms with E-state index in [1.54, 1.807) is 0 Å². The molecule has 17 heavy (non-hydrogen) atoms. The number of terminal acetylenes is 1. The highest BCUT2D eigenvalue weighted by atomic mass is 15.1. The van der Waals surface area contributed by atoms with Crippen molar-refractivity contribution >= 4 is 5.96 Å². The molecule has 0 spiro atoms. The molecule has 0 aromatic heterocycles. The van der Waals surface area contributed by atoms with Crippen LogP contribution in [-0.4, -0.2) is 12.0 Å². The van der Waals surface area contributed by atoms with Crippen molar-refractivity contribution < 1.29 is 0 Å². The van der Waals surface area contributed by atoms with Gasteiger partial charge in [-0.25, -0.2) is 4.99 Å². The van der Waals surface area contributed by atoms with Crippen LogP contribution in [0, 0.1) is 18.3 Å². The number of guanidine groups is 1. The number of benzene rings is 1. The predicted molar refractivity (Wildman–Crippen MR) is 72.4 cm³/mol. The van der Waals surface area contributed by atoms with Crippen LogP contribution in [0.3, 0.4) is 0 Å². The number of rotatable bonds is 4. The Labute approximate surface area is 103 Å². The second-order valence-corrected chi connectivity index (χ2v) is 4.22. The van der Waals surface area contributed by atoms with Gasteiger partial charge in [0.15, 0.2) is 5.96 Å². The topological polar surface area (TPSA) is 50.4 Å². The molecule has 0 bridgehead atoms. The van der Waals surface area contributed by atoms with E-state index in [1.807, 2.05) is 44.2 Å². The Morgan fingerprint density at radius 1 is 1.41 bits per heavy atom. The van der Waals surface area contributed by atoms with E-state index in [9.17, 15) is 0 Å². The number of hydrogen-bond donors (Lipinski definition) is 2. The Bertz CT molecular complexity index is 401. The van der Waals surface area contributed by atoms with Crippen molar-refractivity contribution in [3.63, 3.8) is 0 Å². The summed E-state index contributed by atoms with van der Waals surface area (Å²) in [5.74, 6) is 3.38. The molecule has 0 aliphatic carbocycles. The van der Waals surface area contributed by atoms with Gasteiger partial charge in [-0.1, -0.05) is 50.1 Å². The molecule has 0 saturated carbocycles. The fourth-order valence-corrected chi connectivity index (χ4v) is 1.37. The monoisotopic (exact) mass is 229 g/mol. The SMILES string of the molecule is C#CC(NC(N)=NCc1ccccc1)C(C)C. The standard InChI is InChI=1S/C14H19N3/c1-4-13(11(2)3)17-14(15)16-10-12-8-6-5-7-9-12/h1,5-9,11,13H,10H2,2-3H3,(H3,15,16,17). The lowest BCUT2D eigenvalue weighted by Gasteiger charge is -2.16. The van der Waals surface area contributed by atoms with Gasteiger partial charge in [0, 0.05) is 0 Å². The van der Waals surface area contributed by atoms with Gasteiger partial charge in [-0.15, -0.1) is 6.42 Å². The predicted octanol–water partition coefficient (Wildman–Crippen LogP) is 1.75. The number of aliphatic imine (C=N–C) groups is 1. The Morgan fingerprint density at radius 3 is 2.59 bits per heavy atom. The zero-order valence-corrected chi connectivity index (χ0v) is 10.4. The van der Waals surface area contributed by atoms with Gasteiger partial charge >= 0.3 is 0 Å². The Balaban J connectivity index is 2.53. The van der Waals surface area contributed by atoms with Crippen molar-refractivity contribution in [2.45, 2.75) is 26.4 Å². The number of nitrogens with two attached hydrogens (primary N) is 1. The number of nitrogens with one attached hydrogen (secondary N) is 1. The van der Waals surface area contributed by atoms with E-state index in [-0.39, 0.29) is 6.04 Å². The maximum absolute atomic E-state index is 5.78. The van der Waals surface area contributed by atoms with Gasteiger partial charge < -0.3 is 11.1 Å². The summed E-state index contributed by atoms with van der Waals surface area (Å²) in [5.41, 5.74) is 6.90. The Hall–Kier alpha value is -1.95. The Kier molecular flexibility index (Phi) is 5.09. The molecule has 0 aliphatic heterocycles. The average molecular weight is 229 g/mol. The lowest BCUT2D eigenvalue weighted by atomic mass is 10.1. The lowest BCUT2D eigenvalue weighted by Crippen LogP contribution is -2.42. The summed E-state index contributed by atoms with van der Waals surface area (Å²) in [6, 6.07) is 9.88. The zero-order valence-electron chi connectivity index (χ0n) is 10.4. The molecule has 1 rings (SSSR count). The van der Waals surface area contributed by atoms with Crippen molar-refractivity contribution in [3.8, 4) is 12.3 Å². The third kappa shape index (κ3) is 4.60. The van der Waals surface area contributed by atoms with Crippen LogP contribution in [-0.2, 0) is 6.54 Å². The van der Waals surface area contributed by atoms with Crippen LogP contribution in [0.25, 0.3) is 0 Å². The smallest absolute Gasteiger partial charge is 0.189 e. The third-order valence-corrected chi connectivity index (χ3v) is 2.42. The molecule has 0 fully saturated rings. The molecule has 0 heterocycles. The van der Waals surface area contributed by atoms with Gasteiger partial charge in [0.2, 0.25) is 0 Å². The maximum Gasteiger partial charge on any atom is 0.189 e. The molecule has 1 aromatic rings. The molecule has 0 aliphatic rings. The van der Waals surface area contributed by atoms with Crippen molar-refractivity contribution in [2.24, 2.45) is 16.6 Å². The summed E-state index contributed by atoms with van der Waals surface area (Å²) >= 11 is 0. The van der Waals surface area contributed by atoms with Crippen LogP contribution in [0.4, 0.5) is 0 Å². The highest BCUT2D eigenvalue weighted by Gasteiger charge is 2.09. The second kappa shape index (κ2) is 6.59. The van der Waals surface area contributed by atoms with Crippen LogP contribution < -0.4 is 11.1 Å². The number of nitrogens with zero attached hydrogens (tertiary/aromatic N) is 1. The van der Waals surface area contributed by atoms with Gasteiger partial charge in [0.05, 0.1) is 12.6 Å². The van der Waals surface area contributed by atoms with Crippen molar-refractivity contribution in [1.82, 2.24) is 5.32 Å². The molecule has 1 aromatic carbocycles. The molecule has 0 saturated heterocycles. The van der Waals surface area contributed by atoms with Crippen molar-refractivity contribution in [3.05, 3.63) is 35.9 Å². The highest BCUT2D eigenvalue weighted by Crippen LogP contribution is 2.01. The van der Waals surface area contributed by atoms with Crippen LogP contribution in [0.2, 0.25) is 0 Å². The lowest BCUT2D eigenvalue weighted by molar-refractivity contribution is 0.540. The van der Waals surface area contributed by atoms with E-state index in [4.69, 9.17) is 12.2 Å². The van der Waals surface area contributed by atoms with E-state index >= 15 is 0 Å². The van der Waals surface area contributed by atoms with E-state index in [0.29, 0.717) is 18.4 Å². The minimum atomic E-state index is -0.0745.